The monoisotopic (exact) mass is 492 g/mol. The first-order valence-corrected chi connectivity index (χ1v) is 12.2. The van der Waals surface area contributed by atoms with Crippen molar-refractivity contribution in [3.05, 3.63) is 72.2 Å². The fourth-order valence-corrected chi connectivity index (χ4v) is 4.06. The highest BCUT2D eigenvalue weighted by Crippen LogP contribution is 2.38. The van der Waals surface area contributed by atoms with E-state index < -0.39 is 0 Å². The molecule has 0 saturated heterocycles. The molecule has 2 saturated carbocycles. The quantitative estimate of drug-likeness (QED) is 0.392. The smallest absolute Gasteiger partial charge is 0.257 e. The molecule has 0 aromatic carbocycles. The molecule has 2 amide bonds. The highest BCUT2D eigenvalue weighted by molar-refractivity contribution is 6.04. The Morgan fingerprint density at radius 3 is 2.54 bits per heavy atom. The van der Waals surface area contributed by atoms with Crippen molar-refractivity contribution >= 4 is 23.3 Å². The number of carbonyl (C=O) groups excluding carboxylic acids is 2. The third-order valence-corrected chi connectivity index (χ3v) is 6.48. The lowest BCUT2D eigenvalue weighted by molar-refractivity contribution is -0.117. The van der Waals surface area contributed by atoms with E-state index in [1.807, 2.05) is 25.1 Å². The number of rotatable bonds is 7. The number of hydrogen-bond donors (Lipinski definition) is 2. The second kappa shape index (κ2) is 9.45. The molecule has 2 aliphatic rings. The van der Waals surface area contributed by atoms with Gasteiger partial charge in [0, 0.05) is 35.4 Å². The van der Waals surface area contributed by atoms with Crippen LogP contribution in [0.2, 0.25) is 0 Å². The number of carbonyl (C=O) groups is 2. The topological polar surface area (TPSA) is 136 Å². The summed E-state index contributed by atoms with van der Waals surface area (Å²) in [4.78, 5) is 42.5. The SMILES string of the molecule is Cc1ncc(NC(=O)c2cnnc(C3CC3)c2)cc1-c1ccnc(-c2cc(NC(=O)C3CC3)ncn2)c1. The molecule has 0 spiro atoms. The van der Waals surface area contributed by atoms with Gasteiger partial charge in [0.1, 0.15) is 12.1 Å². The highest BCUT2D eigenvalue weighted by Gasteiger charge is 2.30. The number of amides is 2. The highest BCUT2D eigenvalue weighted by atomic mass is 16.2. The maximum atomic E-state index is 12.9. The van der Waals surface area contributed by atoms with Crippen molar-refractivity contribution in [1.29, 1.82) is 0 Å². The zero-order valence-electron chi connectivity index (χ0n) is 20.2. The first-order valence-electron chi connectivity index (χ1n) is 12.2. The van der Waals surface area contributed by atoms with Gasteiger partial charge in [0.2, 0.25) is 5.91 Å². The van der Waals surface area contributed by atoms with E-state index in [1.54, 1.807) is 24.5 Å². The molecule has 0 aliphatic heterocycles. The molecule has 0 unspecified atom stereocenters. The predicted molar refractivity (Wildman–Crippen MR) is 137 cm³/mol. The van der Waals surface area contributed by atoms with Crippen LogP contribution in [0.15, 0.2) is 55.2 Å². The number of aromatic nitrogens is 6. The molecule has 0 bridgehead atoms. The van der Waals surface area contributed by atoms with E-state index >= 15 is 0 Å². The summed E-state index contributed by atoms with van der Waals surface area (Å²) >= 11 is 0. The fourth-order valence-electron chi connectivity index (χ4n) is 4.06. The van der Waals surface area contributed by atoms with Crippen molar-refractivity contribution in [2.45, 2.75) is 38.5 Å². The van der Waals surface area contributed by atoms with Crippen LogP contribution >= 0.6 is 0 Å². The molecule has 4 heterocycles. The van der Waals surface area contributed by atoms with E-state index in [0.717, 1.165) is 48.2 Å². The van der Waals surface area contributed by atoms with Gasteiger partial charge in [0.25, 0.3) is 5.91 Å². The van der Waals surface area contributed by atoms with Crippen LogP contribution in [0, 0.1) is 12.8 Å². The number of pyridine rings is 2. The van der Waals surface area contributed by atoms with Gasteiger partial charge in [-0.3, -0.25) is 19.6 Å². The Kier molecular flexibility index (Phi) is 5.84. The van der Waals surface area contributed by atoms with Gasteiger partial charge in [0.05, 0.1) is 40.7 Å². The zero-order chi connectivity index (χ0) is 25.4. The Bertz CT molecular complexity index is 1510. The average Bonchev–Trinajstić information content (AvgIpc) is 3.83. The second-order valence-electron chi connectivity index (χ2n) is 9.44. The van der Waals surface area contributed by atoms with Crippen LogP contribution in [-0.2, 0) is 4.79 Å². The summed E-state index contributed by atoms with van der Waals surface area (Å²) in [5.74, 6) is 0.670. The fraction of sp³-hybridized carbons (Fsp3) is 0.259. The average molecular weight is 493 g/mol. The van der Waals surface area contributed by atoms with Gasteiger partial charge in [-0.05, 0) is 62.4 Å². The lowest BCUT2D eigenvalue weighted by Crippen LogP contribution is -2.14. The minimum absolute atomic E-state index is 0.0155. The van der Waals surface area contributed by atoms with E-state index in [1.165, 1.54) is 12.5 Å². The minimum atomic E-state index is -0.259. The summed E-state index contributed by atoms with van der Waals surface area (Å²) in [7, 11) is 0. The van der Waals surface area contributed by atoms with Crippen molar-refractivity contribution < 1.29 is 9.59 Å². The van der Waals surface area contributed by atoms with Gasteiger partial charge < -0.3 is 10.6 Å². The third kappa shape index (κ3) is 5.18. The molecule has 4 aromatic rings. The Labute approximate surface area is 213 Å². The molecule has 2 aliphatic carbocycles. The number of hydrogen-bond acceptors (Lipinski definition) is 8. The lowest BCUT2D eigenvalue weighted by Gasteiger charge is -2.11. The Morgan fingerprint density at radius 2 is 1.73 bits per heavy atom. The van der Waals surface area contributed by atoms with E-state index in [2.05, 4.69) is 40.8 Å². The summed E-state index contributed by atoms with van der Waals surface area (Å²) < 4.78 is 0. The summed E-state index contributed by atoms with van der Waals surface area (Å²) in [6, 6.07) is 9.19. The normalized spacial score (nSPS) is 14.7. The van der Waals surface area contributed by atoms with E-state index in [-0.39, 0.29) is 17.7 Å². The molecule has 37 heavy (non-hydrogen) atoms. The number of nitrogens with zero attached hydrogens (tertiary/aromatic N) is 6. The van der Waals surface area contributed by atoms with Crippen LogP contribution in [0.1, 0.15) is 53.3 Å². The molecule has 184 valence electrons. The molecule has 10 heteroatoms. The van der Waals surface area contributed by atoms with Crippen molar-refractivity contribution in [2.75, 3.05) is 10.6 Å². The summed E-state index contributed by atoms with van der Waals surface area (Å²) in [5, 5.41) is 13.9. The van der Waals surface area contributed by atoms with Crippen molar-refractivity contribution in [3.8, 4) is 22.5 Å². The van der Waals surface area contributed by atoms with Gasteiger partial charge >= 0.3 is 0 Å². The first-order chi connectivity index (χ1) is 18.0. The van der Waals surface area contributed by atoms with Gasteiger partial charge in [-0.25, -0.2) is 9.97 Å². The van der Waals surface area contributed by atoms with Crippen LogP contribution in [0.4, 0.5) is 11.5 Å². The Morgan fingerprint density at radius 1 is 0.892 bits per heavy atom. The minimum Gasteiger partial charge on any atom is -0.321 e. The maximum absolute atomic E-state index is 12.9. The second-order valence-corrected chi connectivity index (χ2v) is 9.44. The Hall–Kier alpha value is -4.60. The third-order valence-electron chi connectivity index (χ3n) is 6.48. The van der Waals surface area contributed by atoms with E-state index in [9.17, 15) is 9.59 Å². The van der Waals surface area contributed by atoms with Crippen LogP contribution in [0.5, 0.6) is 0 Å². The molecule has 2 fully saturated rings. The number of anilines is 2. The number of nitrogens with one attached hydrogen (secondary N) is 2. The van der Waals surface area contributed by atoms with Gasteiger partial charge in [-0.2, -0.15) is 10.2 Å². The zero-order valence-corrected chi connectivity index (χ0v) is 20.2. The molecule has 0 radical (unpaired) electrons. The molecule has 4 aromatic heterocycles. The van der Waals surface area contributed by atoms with Crippen molar-refractivity contribution in [3.63, 3.8) is 0 Å². The Balaban J connectivity index is 1.24. The van der Waals surface area contributed by atoms with Gasteiger partial charge in [-0.15, -0.1) is 0 Å². The molecule has 2 N–H and O–H groups in total. The largest absolute Gasteiger partial charge is 0.321 e. The van der Waals surface area contributed by atoms with Crippen molar-refractivity contribution in [1.82, 2.24) is 30.1 Å². The van der Waals surface area contributed by atoms with E-state index in [4.69, 9.17) is 0 Å². The summed E-state index contributed by atoms with van der Waals surface area (Å²) in [5.41, 5.74) is 5.65. The van der Waals surface area contributed by atoms with Gasteiger partial charge in [-0.1, -0.05) is 0 Å². The maximum Gasteiger partial charge on any atom is 0.257 e. The lowest BCUT2D eigenvalue weighted by atomic mass is 10.0. The molecule has 6 rings (SSSR count). The van der Waals surface area contributed by atoms with Crippen LogP contribution in [0.25, 0.3) is 22.5 Å². The van der Waals surface area contributed by atoms with Crippen LogP contribution < -0.4 is 10.6 Å². The van der Waals surface area contributed by atoms with Crippen LogP contribution in [-0.4, -0.2) is 41.9 Å². The standard InChI is InChI=1S/C27H24N8O2/c1-15-21(10-20(13-29-15)33-27(37)19-9-22(16-2-3-16)35-32-12-19)18-6-7-28-23(8-18)24-11-25(31-14-30-24)34-26(36)17-4-5-17/h6-14,16-17H,2-5H2,1H3,(H,33,37)(H,30,31,34,36). The molecule has 0 atom stereocenters. The van der Waals surface area contributed by atoms with Gasteiger partial charge in [0.15, 0.2) is 0 Å². The van der Waals surface area contributed by atoms with E-state index in [0.29, 0.717) is 34.4 Å². The number of aryl methyl sites for hydroxylation is 1. The molecular weight excluding hydrogens is 468 g/mol. The van der Waals surface area contributed by atoms with Crippen LogP contribution in [0.3, 0.4) is 0 Å². The summed E-state index contributed by atoms with van der Waals surface area (Å²) in [6.07, 6.45) is 10.2. The molecular formula is C27H24N8O2. The van der Waals surface area contributed by atoms with Crippen molar-refractivity contribution in [2.24, 2.45) is 5.92 Å². The first kappa shape index (κ1) is 22.8. The predicted octanol–water partition coefficient (Wildman–Crippen LogP) is 4.18. The summed E-state index contributed by atoms with van der Waals surface area (Å²) in [6.45, 7) is 1.91. The molecule has 10 nitrogen and oxygen atoms in total.